The number of rotatable bonds is 9. The average Bonchev–Trinajstić information content (AvgIpc) is 3.12. The first kappa shape index (κ1) is 25.4. The lowest BCUT2D eigenvalue weighted by atomic mass is 10.2. The number of carbonyl (C=O) groups excluding carboxylic acids is 2. The molecule has 3 aromatic rings. The molecule has 0 saturated carbocycles. The van der Waals surface area contributed by atoms with E-state index >= 15 is 0 Å². The summed E-state index contributed by atoms with van der Waals surface area (Å²) in [5, 5.41) is 3.99. The molecule has 0 aliphatic carbocycles. The minimum Gasteiger partial charge on any atom is -0.497 e. The standard InChI is InChI=1S/C27H32N4O5/c1-19-25(20(2)36-29-19)18-35-24-15-30(14-21-7-6-9-23(13-21)34-3)27(33)17-31(16-24)26(32)11-10-22-8-4-5-12-28-22/h4-9,12-13,24H,10-11,14-18H2,1-3H3. The Hall–Kier alpha value is -3.72. The molecule has 0 bridgehead atoms. The third-order valence-corrected chi connectivity index (χ3v) is 6.35. The first-order chi connectivity index (χ1) is 17.4. The molecular formula is C27H32N4O5. The highest BCUT2D eigenvalue weighted by Gasteiger charge is 2.31. The molecule has 9 heteroatoms. The Bertz CT molecular complexity index is 1160. The summed E-state index contributed by atoms with van der Waals surface area (Å²) in [6.07, 6.45) is 2.14. The van der Waals surface area contributed by atoms with Crippen molar-refractivity contribution in [3.8, 4) is 5.75 Å². The van der Waals surface area contributed by atoms with Crippen LogP contribution in [0.4, 0.5) is 0 Å². The van der Waals surface area contributed by atoms with Gasteiger partial charge in [0.2, 0.25) is 11.8 Å². The van der Waals surface area contributed by atoms with Crippen LogP contribution in [0.15, 0.2) is 53.2 Å². The lowest BCUT2D eigenvalue weighted by molar-refractivity contribution is -0.139. The highest BCUT2D eigenvalue weighted by molar-refractivity contribution is 5.85. The molecule has 36 heavy (non-hydrogen) atoms. The Morgan fingerprint density at radius 3 is 2.75 bits per heavy atom. The van der Waals surface area contributed by atoms with Crippen molar-refractivity contribution in [2.75, 3.05) is 26.7 Å². The Balaban J connectivity index is 1.49. The smallest absolute Gasteiger partial charge is 0.242 e. The van der Waals surface area contributed by atoms with Gasteiger partial charge in [-0.15, -0.1) is 0 Å². The zero-order valence-electron chi connectivity index (χ0n) is 21.0. The van der Waals surface area contributed by atoms with Crippen LogP contribution in [0, 0.1) is 13.8 Å². The van der Waals surface area contributed by atoms with Crippen LogP contribution in [0.2, 0.25) is 0 Å². The number of aromatic nitrogens is 2. The van der Waals surface area contributed by atoms with Crippen molar-refractivity contribution in [1.29, 1.82) is 0 Å². The Morgan fingerprint density at radius 2 is 2.03 bits per heavy atom. The van der Waals surface area contributed by atoms with Gasteiger partial charge in [0, 0.05) is 43.5 Å². The minimum absolute atomic E-state index is 0.0101. The largest absolute Gasteiger partial charge is 0.497 e. The number of ether oxygens (including phenoxy) is 2. The third-order valence-electron chi connectivity index (χ3n) is 6.35. The normalized spacial score (nSPS) is 16.2. The van der Waals surface area contributed by atoms with E-state index in [4.69, 9.17) is 14.0 Å². The van der Waals surface area contributed by atoms with Crippen LogP contribution in [0.1, 0.15) is 34.7 Å². The van der Waals surface area contributed by atoms with Crippen LogP contribution in [0.3, 0.4) is 0 Å². The molecule has 1 aliphatic rings. The van der Waals surface area contributed by atoms with Gasteiger partial charge in [0.25, 0.3) is 0 Å². The number of pyridine rings is 1. The summed E-state index contributed by atoms with van der Waals surface area (Å²) in [6.45, 7) is 5.11. The van der Waals surface area contributed by atoms with Gasteiger partial charge < -0.3 is 23.8 Å². The number of aryl methyl sites for hydroxylation is 3. The highest BCUT2D eigenvalue weighted by Crippen LogP contribution is 2.20. The molecule has 2 aromatic heterocycles. The second-order valence-corrected chi connectivity index (χ2v) is 8.96. The van der Waals surface area contributed by atoms with Gasteiger partial charge in [-0.2, -0.15) is 0 Å². The summed E-state index contributed by atoms with van der Waals surface area (Å²) < 4.78 is 16.8. The maximum atomic E-state index is 13.3. The second-order valence-electron chi connectivity index (χ2n) is 8.96. The number of hydrogen-bond acceptors (Lipinski definition) is 7. The van der Waals surface area contributed by atoms with E-state index in [0.717, 1.165) is 28.3 Å². The molecule has 0 N–H and O–H groups in total. The van der Waals surface area contributed by atoms with Crippen molar-refractivity contribution in [2.24, 2.45) is 0 Å². The molecule has 2 amide bonds. The maximum absolute atomic E-state index is 13.3. The Labute approximate surface area is 211 Å². The first-order valence-corrected chi connectivity index (χ1v) is 12.0. The van der Waals surface area contributed by atoms with Crippen molar-refractivity contribution in [2.45, 2.75) is 45.9 Å². The van der Waals surface area contributed by atoms with Crippen molar-refractivity contribution < 1.29 is 23.6 Å². The van der Waals surface area contributed by atoms with E-state index in [1.54, 1.807) is 23.1 Å². The Morgan fingerprint density at radius 1 is 1.17 bits per heavy atom. The predicted molar refractivity (Wildman–Crippen MR) is 132 cm³/mol. The molecule has 190 valence electrons. The third kappa shape index (κ3) is 6.48. The van der Waals surface area contributed by atoms with E-state index in [1.165, 1.54) is 0 Å². The summed E-state index contributed by atoms with van der Waals surface area (Å²) in [7, 11) is 1.61. The van der Waals surface area contributed by atoms with Gasteiger partial charge in [-0.05, 0) is 50.1 Å². The number of hydrogen-bond donors (Lipinski definition) is 0. The monoisotopic (exact) mass is 492 g/mol. The summed E-state index contributed by atoms with van der Waals surface area (Å²) in [5.41, 5.74) is 3.45. The van der Waals surface area contributed by atoms with E-state index < -0.39 is 0 Å². The molecule has 9 nitrogen and oxygen atoms in total. The van der Waals surface area contributed by atoms with Crippen LogP contribution in [-0.2, 0) is 33.9 Å². The predicted octanol–water partition coefficient (Wildman–Crippen LogP) is 3.08. The van der Waals surface area contributed by atoms with E-state index in [0.29, 0.717) is 38.4 Å². The van der Waals surface area contributed by atoms with E-state index in [1.807, 2.05) is 56.3 Å². The SMILES string of the molecule is COc1cccc(CN2CC(OCc3c(C)noc3C)CN(C(=O)CCc3ccccn3)CC2=O)c1. The lowest BCUT2D eigenvalue weighted by Crippen LogP contribution is -2.39. The lowest BCUT2D eigenvalue weighted by Gasteiger charge is -2.25. The second kappa shape index (κ2) is 11.8. The molecule has 1 fully saturated rings. The minimum atomic E-state index is -0.366. The molecule has 1 aromatic carbocycles. The topological polar surface area (TPSA) is 98.0 Å². The molecule has 3 heterocycles. The molecule has 0 spiro atoms. The van der Waals surface area contributed by atoms with Crippen LogP contribution >= 0.6 is 0 Å². The molecule has 1 atom stereocenters. The first-order valence-electron chi connectivity index (χ1n) is 12.0. The molecule has 1 saturated heterocycles. The zero-order chi connectivity index (χ0) is 25.5. The number of carbonyl (C=O) groups is 2. The van der Waals surface area contributed by atoms with Gasteiger partial charge in [-0.1, -0.05) is 23.4 Å². The van der Waals surface area contributed by atoms with Crippen LogP contribution in [-0.4, -0.2) is 64.6 Å². The van der Waals surface area contributed by atoms with Gasteiger partial charge >= 0.3 is 0 Å². The van der Waals surface area contributed by atoms with Gasteiger partial charge in [-0.3, -0.25) is 14.6 Å². The molecule has 4 rings (SSSR count). The van der Waals surface area contributed by atoms with E-state index in [9.17, 15) is 9.59 Å². The number of methoxy groups -OCH3 is 1. The van der Waals surface area contributed by atoms with Crippen molar-refractivity contribution >= 4 is 11.8 Å². The molecular weight excluding hydrogens is 460 g/mol. The number of benzene rings is 1. The summed E-state index contributed by atoms with van der Waals surface area (Å²) >= 11 is 0. The average molecular weight is 493 g/mol. The fraction of sp³-hybridized carbons (Fsp3) is 0.407. The van der Waals surface area contributed by atoms with Crippen molar-refractivity contribution in [3.05, 3.63) is 76.9 Å². The fourth-order valence-corrected chi connectivity index (χ4v) is 4.27. The molecule has 1 unspecified atom stereocenters. The zero-order valence-corrected chi connectivity index (χ0v) is 21.0. The van der Waals surface area contributed by atoms with Crippen molar-refractivity contribution in [3.63, 3.8) is 0 Å². The quantitative estimate of drug-likeness (QED) is 0.453. The van der Waals surface area contributed by atoms with Gasteiger partial charge in [0.1, 0.15) is 11.5 Å². The molecule has 0 radical (unpaired) electrons. The van der Waals surface area contributed by atoms with Crippen LogP contribution in [0.5, 0.6) is 5.75 Å². The highest BCUT2D eigenvalue weighted by atomic mass is 16.5. The van der Waals surface area contributed by atoms with Crippen LogP contribution in [0.25, 0.3) is 0 Å². The fourth-order valence-electron chi connectivity index (χ4n) is 4.27. The Kier molecular flexibility index (Phi) is 8.32. The summed E-state index contributed by atoms with van der Waals surface area (Å²) in [4.78, 5) is 34.0. The van der Waals surface area contributed by atoms with Gasteiger partial charge in [-0.25, -0.2) is 0 Å². The van der Waals surface area contributed by atoms with E-state index in [-0.39, 0.29) is 30.9 Å². The summed E-state index contributed by atoms with van der Waals surface area (Å²) in [5.74, 6) is 1.22. The van der Waals surface area contributed by atoms with E-state index in [2.05, 4.69) is 10.1 Å². The van der Waals surface area contributed by atoms with Crippen LogP contribution < -0.4 is 4.74 Å². The van der Waals surface area contributed by atoms with Crippen molar-refractivity contribution in [1.82, 2.24) is 19.9 Å². The number of nitrogens with zero attached hydrogens (tertiary/aromatic N) is 4. The summed E-state index contributed by atoms with van der Waals surface area (Å²) in [6, 6.07) is 13.3. The molecule has 1 aliphatic heterocycles. The number of amides is 2. The van der Waals surface area contributed by atoms with Gasteiger partial charge in [0.15, 0.2) is 0 Å². The van der Waals surface area contributed by atoms with Gasteiger partial charge in [0.05, 0.1) is 32.1 Å². The maximum Gasteiger partial charge on any atom is 0.242 e.